The van der Waals surface area contributed by atoms with Crippen LogP contribution in [0, 0.1) is 23.2 Å². The quantitative estimate of drug-likeness (QED) is 0.593. The van der Waals surface area contributed by atoms with E-state index in [-0.39, 0.29) is 0 Å². The molecule has 2 aliphatic rings. The Labute approximate surface area is 105 Å². The number of rotatable bonds is 2. The first-order valence-electron chi connectivity index (χ1n) is 7.09. The zero-order valence-corrected chi connectivity index (χ0v) is 11.2. The maximum Gasteiger partial charge on any atom is 0.0991 e. The van der Waals surface area contributed by atoms with Gasteiger partial charge in [0.2, 0.25) is 0 Å². The smallest absolute Gasteiger partial charge is 0.0991 e. The summed E-state index contributed by atoms with van der Waals surface area (Å²) in [7, 11) is 0. The molecule has 0 spiro atoms. The molecule has 0 amide bonds. The lowest BCUT2D eigenvalue weighted by molar-refractivity contribution is 0.0643. The summed E-state index contributed by atoms with van der Waals surface area (Å²) in [5.74, 6) is 3.11. The first kappa shape index (κ1) is 12.9. The molecule has 1 aliphatic heterocycles. The van der Waals surface area contributed by atoms with Crippen LogP contribution in [0.5, 0.6) is 0 Å². The number of morpholine rings is 1. The molecule has 2 fully saturated rings. The summed E-state index contributed by atoms with van der Waals surface area (Å²) in [6.07, 6.45) is 5.07. The van der Waals surface area contributed by atoms with Gasteiger partial charge in [-0.3, -0.25) is 5.41 Å². The molecule has 1 saturated heterocycles. The Morgan fingerprint density at radius 3 is 2.24 bits per heavy atom. The van der Waals surface area contributed by atoms with Gasteiger partial charge in [0.05, 0.1) is 19.0 Å². The molecule has 1 saturated carbocycles. The number of nitrogens with zero attached hydrogens (tertiary/aromatic N) is 1. The van der Waals surface area contributed by atoms with Crippen molar-refractivity contribution in [3.8, 4) is 0 Å². The standard InChI is InChI=1S/C14H26N2O/c1-11(2)12-3-5-13(6-4-12)14(15)16-7-9-17-10-8-16/h11-13,15H,3-10H2,1-2H3. The van der Waals surface area contributed by atoms with Gasteiger partial charge >= 0.3 is 0 Å². The van der Waals surface area contributed by atoms with Crippen molar-refractivity contribution in [2.24, 2.45) is 17.8 Å². The fourth-order valence-electron chi connectivity index (χ4n) is 3.12. The van der Waals surface area contributed by atoms with Gasteiger partial charge in [0.15, 0.2) is 0 Å². The highest BCUT2D eigenvalue weighted by Crippen LogP contribution is 2.34. The van der Waals surface area contributed by atoms with Crippen LogP contribution in [-0.2, 0) is 4.74 Å². The van der Waals surface area contributed by atoms with Crippen molar-refractivity contribution in [2.75, 3.05) is 26.3 Å². The van der Waals surface area contributed by atoms with E-state index in [1.54, 1.807) is 0 Å². The maximum absolute atomic E-state index is 8.32. The first-order chi connectivity index (χ1) is 8.18. The molecular weight excluding hydrogens is 212 g/mol. The Balaban J connectivity index is 1.81. The Kier molecular flexibility index (Phi) is 4.43. The lowest BCUT2D eigenvalue weighted by Crippen LogP contribution is -2.44. The monoisotopic (exact) mass is 238 g/mol. The average Bonchev–Trinajstić information content (AvgIpc) is 2.39. The molecule has 0 unspecified atom stereocenters. The predicted molar refractivity (Wildman–Crippen MR) is 70.4 cm³/mol. The van der Waals surface area contributed by atoms with E-state index in [1.807, 2.05) is 0 Å². The van der Waals surface area contributed by atoms with Gasteiger partial charge in [0.25, 0.3) is 0 Å². The van der Waals surface area contributed by atoms with E-state index in [0.717, 1.165) is 44.0 Å². The molecule has 3 heteroatoms. The number of hydrogen-bond donors (Lipinski definition) is 1. The molecule has 0 aromatic heterocycles. The van der Waals surface area contributed by atoms with E-state index < -0.39 is 0 Å². The van der Waals surface area contributed by atoms with Crippen LogP contribution in [0.2, 0.25) is 0 Å². The zero-order chi connectivity index (χ0) is 12.3. The van der Waals surface area contributed by atoms with Gasteiger partial charge in [-0.2, -0.15) is 0 Å². The fraction of sp³-hybridized carbons (Fsp3) is 0.929. The predicted octanol–water partition coefficient (Wildman–Crippen LogP) is 2.76. The highest BCUT2D eigenvalue weighted by atomic mass is 16.5. The molecule has 0 aromatic rings. The maximum atomic E-state index is 8.32. The molecule has 0 radical (unpaired) electrons. The first-order valence-corrected chi connectivity index (χ1v) is 7.09. The minimum Gasteiger partial charge on any atom is -0.378 e. The minimum absolute atomic E-state index is 0.517. The van der Waals surface area contributed by atoms with Gasteiger partial charge in [-0.05, 0) is 37.5 Å². The topological polar surface area (TPSA) is 36.3 Å². The molecule has 17 heavy (non-hydrogen) atoms. The van der Waals surface area contributed by atoms with Crippen molar-refractivity contribution in [3.63, 3.8) is 0 Å². The van der Waals surface area contributed by atoms with Gasteiger partial charge < -0.3 is 9.64 Å². The van der Waals surface area contributed by atoms with Crippen molar-refractivity contribution in [3.05, 3.63) is 0 Å². The summed E-state index contributed by atoms with van der Waals surface area (Å²) >= 11 is 0. The highest BCUT2D eigenvalue weighted by Gasteiger charge is 2.28. The van der Waals surface area contributed by atoms with E-state index in [0.29, 0.717) is 5.92 Å². The highest BCUT2D eigenvalue weighted by molar-refractivity contribution is 5.81. The summed E-state index contributed by atoms with van der Waals surface area (Å²) in [4.78, 5) is 2.23. The number of hydrogen-bond acceptors (Lipinski definition) is 2. The average molecular weight is 238 g/mol. The number of amidine groups is 1. The Morgan fingerprint density at radius 1 is 1.12 bits per heavy atom. The second-order valence-electron chi connectivity index (χ2n) is 5.84. The molecular formula is C14H26N2O. The van der Waals surface area contributed by atoms with Gasteiger partial charge in [-0.1, -0.05) is 13.8 Å². The molecule has 2 rings (SSSR count). The van der Waals surface area contributed by atoms with Gasteiger partial charge in [0, 0.05) is 19.0 Å². The fourth-order valence-corrected chi connectivity index (χ4v) is 3.12. The normalized spacial score (nSPS) is 30.6. The molecule has 1 heterocycles. The SMILES string of the molecule is CC(C)C1CCC(C(=N)N2CCOCC2)CC1. The van der Waals surface area contributed by atoms with Crippen LogP contribution in [0.4, 0.5) is 0 Å². The van der Waals surface area contributed by atoms with Crippen molar-refractivity contribution in [1.29, 1.82) is 5.41 Å². The molecule has 0 bridgehead atoms. The Morgan fingerprint density at radius 2 is 1.71 bits per heavy atom. The van der Waals surface area contributed by atoms with E-state index in [9.17, 15) is 0 Å². The van der Waals surface area contributed by atoms with Gasteiger partial charge in [-0.25, -0.2) is 0 Å². The summed E-state index contributed by atoms with van der Waals surface area (Å²) < 4.78 is 5.35. The van der Waals surface area contributed by atoms with Crippen molar-refractivity contribution in [1.82, 2.24) is 4.90 Å². The summed E-state index contributed by atoms with van der Waals surface area (Å²) in [5.41, 5.74) is 0. The Bertz CT molecular complexity index is 251. The van der Waals surface area contributed by atoms with Crippen LogP contribution in [-0.4, -0.2) is 37.0 Å². The van der Waals surface area contributed by atoms with Crippen LogP contribution in [0.1, 0.15) is 39.5 Å². The number of ether oxygens (including phenoxy) is 1. The largest absolute Gasteiger partial charge is 0.378 e. The number of nitrogens with one attached hydrogen (secondary N) is 1. The third kappa shape index (κ3) is 3.21. The van der Waals surface area contributed by atoms with Crippen LogP contribution >= 0.6 is 0 Å². The van der Waals surface area contributed by atoms with Crippen LogP contribution in [0.3, 0.4) is 0 Å². The van der Waals surface area contributed by atoms with Crippen LogP contribution in [0.15, 0.2) is 0 Å². The molecule has 0 aromatic carbocycles. The van der Waals surface area contributed by atoms with Crippen molar-refractivity contribution in [2.45, 2.75) is 39.5 Å². The van der Waals surface area contributed by atoms with E-state index in [1.165, 1.54) is 25.7 Å². The molecule has 1 aliphatic carbocycles. The molecule has 98 valence electrons. The van der Waals surface area contributed by atoms with E-state index >= 15 is 0 Å². The Hall–Kier alpha value is -0.570. The lowest BCUT2D eigenvalue weighted by atomic mass is 9.76. The van der Waals surface area contributed by atoms with Crippen molar-refractivity contribution < 1.29 is 4.74 Å². The molecule has 0 atom stereocenters. The van der Waals surface area contributed by atoms with E-state index in [4.69, 9.17) is 10.1 Å². The minimum atomic E-state index is 0.517. The summed E-state index contributed by atoms with van der Waals surface area (Å²) in [6, 6.07) is 0. The molecule has 3 nitrogen and oxygen atoms in total. The zero-order valence-electron chi connectivity index (χ0n) is 11.2. The third-order valence-corrected chi connectivity index (χ3v) is 4.45. The van der Waals surface area contributed by atoms with Gasteiger partial charge in [0.1, 0.15) is 0 Å². The second-order valence-corrected chi connectivity index (χ2v) is 5.84. The second kappa shape index (κ2) is 5.85. The summed E-state index contributed by atoms with van der Waals surface area (Å²) in [5, 5.41) is 8.32. The van der Waals surface area contributed by atoms with Crippen LogP contribution < -0.4 is 0 Å². The van der Waals surface area contributed by atoms with Gasteiger partial charge in [-0.15, -0.1) is 0 Å². The van der Waals surface area contributed by atoms with Crippen molar-refractivity contribution >= 4 is 5.84 Å². The van der Waals surface area contributed by atoms with E-state index in [2.05, 4.69) is 18.7 Å². The molecule has 1 N–H and O–H groups in total. The summed E-state index contributed by atoms with van der Waals surface area (Å²) in [6.45, 7) is 8.09. The van der Waals surface area contributed by atoms with Crippen LogP contribution in [0.25, 0.3) is 0 Å². The lowest BCUT2D eigenvalue weighted by Gasteiger charge is -2.37. The third-order valence-electron chi connectivity index (χ3n) is 4.45.